The lowest BCUT2D eigenvalue weighted by molar-refractivity contribution is 0.472. The Kier molecular flexibility index (Phi) is 3.05. The van der Waals surface area contributed by atoms with Gasteiger partial charge in [-0.15, -0.1) is 10.2 Å². The summed E-state index contributed by atoms with van der Waals surface area (Å²) in [7, 11) is 0. The van der Waals surface area contributed by atoms with Crippen molar-refractivity contribution in [1.29, 1.82) is 0 Å². The van der Waals surface area contributed by atoms with Crippen LogP contribution in [-0.4, -0.2) is 15.3 Å². The summed E-state index contributed by atoms with van der Waals surface area (Å²) in [6.07, 6.45) is 0. The van der Waals surface area contributed by atoms with E-state index in [4.69, 9.17) is 0 Å². The molecule has 3 rings (SSSR count). The molecule has 0 fully saturated rings. The lowest BCUT2D eigenvalue weighted by Crippen LogP contribution is -2.06. The minimum absolute atomic E-state index is 0.0300. The van der Waals surface area contributed by atoms with Gasteiger partial charge in [-0.25, -0.2) is 0 Å². The lowest BCUT2D eigenvalue weighted by atomic mass is 10.0. The first-order valence-corrected chi connectivity index (χ1v) is 6.87. The quantitative estimate of drug-likeness (QED) is 0.764. The molecule has 0 amide bonds. The summed E-state index contributed by atoms with van der Waals surface area (Å²) in [5.41, 5.74) is 2.53. The van der Waals surface area contributed by atoms with E-state index in [1.165, 1.54) is 11.3 Å². The summed E-state index contributed by atoms with van der Waals surface area (Å²) >= 11 is 1.44. The molecular formula is C14H13N3OS. The van der Waals surface area contributed by atoms with Crippen molar-refractivity contribution in [2.45, 2.75) is 13.0 Å². The van der Waals surface area contributed by atoms with Gasteiger partial charge in [-0.1, -0.05) is 47.7 Å². The molecule has 5 heteroatoms. The number of benzene rings is 2. The molecule has 19 heavy (non-hydrogen) atoms. The van der Waals surface area contributed by atoms with Gasteiger partial charge in [0.1, 0.15) is 11.3 Å². The summed E-state index contributed by atoms with van der Waals surface area (Å²) in [6.45, 7) is 1.99. The van der Waals surface area contributed by atoms with Crippen LogP contribution in [-0.2, 0) is 0 Å². The molecule has 96 valence electrons. The lowest BCUT2D eigenvalue weighted by Gasteiger charge is -2.15. The Morgan fingerprint density at radius 2 is 2.05 bits per heavy atom. The van der Waals surface area contributed by atoms with E-state index in [2.05, 4.69) is 15.5 Å². The van der Waals surface area contributed by atoms with Crippen molar-refractivity contribution < 1.29 is 5.11 Å². The van der Waals surface area contributed by atoms with Crippen molar-refractivity contribution in [3.05, 3.63) is 47.5 Å². The number of hydrogen-bond acceptors (Lipinski definition) is 5. The zero-order chi connectivity index (χ0) is 13.2. The molecule has 0 aliphatic heterocycles. The summed E-state index contributed by atoms with van der Waals surface area (Å²) in [5, 5.41) is 24.0. The molecule has 2 N–H and O–H groups in total. The Hall–Kier alpha value is -2.14. The van der Waals surface area contributed by atoms with E-state index in [0.29, 0.717) is 5.75 Å². The van der Waals surface area contributed by atoms with Crippen LogP contribution in [0.15, 0.2) is 41.9 Å². The third-order valence-corrected chi connectivity index (χ3v) is 3.72. The number of hydrogen-bond donors (Lipinski definition) is 2. The number of rotatable bonds is 3. The van der Waals surface area contributed by atoms with Crippen LogP contribution in [0.25, 0.3) is 10.8 Å². The average molecular weight is 271 g/mol. The number of phenolic OH excluding ortho intramolecular Hbond substituents is 1. The van der Waals surface area contributed by atoms with E-state index in [-0.39, 0.29) is 6.04 Å². The van der Waals surface area contributed by atoms with Crippen molar-refractivity contribution >= 4 is 27.2 Å². The maximum absolute atomic E-state index is 10.4. The van der Waals surface area contributed by atoms with Crippen LogP contribution in [0.2, 0.25) is 0 Å². The summed E-state index contributed by atoms with van der Waals surface area (Å²) < 4.78 is 0. The zero-order valence-electron chi connectivity index (χ0n) is 10.4. The second-order valence-corrected chi connectivity index (χ2v) is 5.17. The minimum atomic E-state index is -0.0300. The van der Waals surface area contributed by atoms with Gasteiger partial charge >= 0.3 is 0 Å². The van der Waals surface area contributed by atoms with Crippen LogP contribution in [0, 0.1) is 0 Å². The van der Waals surface area contributed by atoms with Gasteiger partial charge in [-0.3, -0.25) is 0 Å². The van der Waals surface area contributed by atoms with Gasteiger partial charge in [-0.2, -0.15) is 0 Å². The first-order valence-electron chi connectivity index (χ1n) is 5.99. The first kappa shape index (κ1) is 11.9. The minimum Gasteiger partial charge on any atom is -0.507 e. The summed E-state index contributed by atoms with van der Waals surface area (Å²) in [6, 6.07) is 11.7. The van der Waals surface area contributed by atoms with Gasteiger partial charge < -0.3 is 10.4 Å². The summed E-state index contributed by atoms with van der Waals surface area (Å²) in [5.74, 6) is 0.322. The van der Waals surface area contributed by atoms with Gasteiger partial charge in [0.2, 0.25) is 5.13 Å². The molecule has 4 nitrogen and oxygen atoms in total. The molecule has 0 saturated heterocycles. The van der Waals surface area contributed by atoms with E-state index >= 15 is 0 Å². The first-order chi connectivity index (χ1) is 9.25. The number of anilines is 1. The molecule has 1 unspecified atom stereocenters. The predicted octanol–water partition coefficient (Wildman–Crippen LogP) is 3.57. The monoisotopic (exact) mass is 271 g/mol. The van der Waals surface area contributed by atoms with E-state index in [0.717, 1.165) is 21.5 Å². The highest BCUT2D eigenvalue weighted by molar-refractivity contribution is 7.13. The molecule has 1 atom stereocenters. The number of fused-ring (bicyclic) bond motifs is 1. The highest BCUT2D eigenvalue weighted by Crippen LogP contribution is 2.33. The van der Waals surface area contributed by atoms with Gasteiger partial charge in [0, 0.05) is 10.9 Å². The maximum atomic E-state index is 10.4. The Morgan fingerprint density at radius 1 is 1.21 bits per heavy atom. The van der Waals surface area contributed by atoms with Gasteiger partial charge in [0.15, 0.2) is 0 Å². The third kappa shape index (κ3) is 2.24. The van der Waals surface area contributed by atoms with Crippen LogP contribution >= 0.6 is 11.3 Å². The van der Waals surface area contributed by atoms with E-state index in [1.807, 2.05) is 43.3 Å². The average Bonchev–Trinajstić information content (AvgIpc) is 2.92. The molecule has 0 aliphatic carbocycles. The number of nitrogens with one attached hydrogen (secondary N) is 1. The molecule has 3 aromatic rings. The SMILES string of the molecule is CC(Nc1nncs1)c1ccc2ccccc2c1O. The van der Waals surface area contributed by atoms with Gasteiger partial charge in [-0.05, 0) is 12.3 Å². The maximum Gasteiger partial charge on any atom is 0.205 e. The molecule has 0 saturated carbocycles. The molecule has 0 bridgehead atoms. The number of phenols is 1. The van der Waals surface area contributed by atoms with E-state index in [9.17, 15) is 5.11 Å². The Balaban J connectivity index is 1.98. The standard InChI is InChI=1S/C14H13N3OS/c1-9(16-14-17-15-8-19-14)11-7-6-10-4-2-3-5-12(10)13(11)18/h2-9,18H,1H3,(H,16,17). The van der Waals surface area contributed by atoms with Crippen molar-refractivity contribution in [2.75, 3.05) is 5.32 Å². The van der Waals surface area contributed by atoms with Crippen molar-refractivity contribution in [1.82, 2.24) is 10.2 Å². The van der Waals surface area contributed by atoms with Crippen LogP contribution in [0.5, 0.6) is 5.75 Å². The fourth-order valence-electron chi connectivity index (χ4n) is 2.12. The van der Waals surface area contributed by atoms with Gasteiger partial charge in [0.25, 0.3) is 0 Å². The highest BCUT2D eigenvalue weighted by Gasteiger charge is 2.13. The highest BCUT2D eigenvalue weighted by atomic mass is 32.1. The molecule has 1 heterocycles. The topological polar surface area (TPSA) is 58.0 Å². The second kappa shape index (κ2) is 4.85. The Labute approximate surface area is 114 Å². The third-order valence-electron chi connectivity index (χ3n) is 3.10. The van der Waals surface area contributed by atoms with Crippen LogP contribution in [0.1, 0.15) is 18.5 Å². The van der Waals surface area contributed by atoms with E-state index in [1.54, 1.807) is 5.51 Å². The Bertz CT molecular complexity index is 697. The van der Waals surface area contributed by atoms with Crippen LogP contribution < -0.4 is 5.32 Å². The fraction of sp³-hybridized carbons (Fsp3) is 0.143. The zero-order valence-corrected chi connectivity index (χ0v) is 11.2. The fourth-order valence-corrected chi connectivity index (χ4v) is 2.65. The summed E-state index contributed by atoms with van der Waals surface area (Å²) in [4.78, 5) is 0. The number of aromatic hydroxyl groups is 1. The largest absolute Gasteiger partial charge is 0.507 e. The predicted molar refractivity (Wildman–Crippen MR) is 77.6 cm³/mol. The smallest absolute Gasteiger partial charge is 0.205 e. The number of nitrogens with zero attached hydrogens (tertiary/aromatic N) is 2. The molecule has 1 aromatic heterocycles. The van der Waals surface area contributed by atoms with Gasteiger partial charge in [0.05, 0.1) is 6.04 Å². The molecule has 2 aromatic carbocycles. The number of aromatic nitrogens is 2. The van der Waals surface area contributed by atoms with Crippen molar-refractivity contribution in [2.24, 2.45) is 0 Å². The second-order valence-electron chi connectivity index (χ2n) is 4.33. The molecule has 0 spiro atoms. The van der Waals surface area contributed by atoms with Crippen LogP contribution in [0.4, 0.5) is 5.13 Å². The molecular weight excluding hydrogens is 258 g/mol. The van der Waals surface area contributed by atoms with E-state index < -0.39 is 0 Å². The van der Waals surface area contributed by atoms with Crippen LogP contribution in [0.3, 0.4) is 0 Å². The normalized spacial score (nSPS) is 12.5. The van der Waals surface area contributed by atoms with Crippen molar-refractivity contribution in [3.63, 3.8) is 0 Å². The molecule has 0 aliphatic rings. The van der Waals surface area contributed by atoms with Crippen molar-refractivity contribution in [3.8, 4) is 5.75 Å². The Morgan fingerprint density at radius 3 is 2.84 bits per heavy atom. The molecule has 0 radical (unpaired) electrons.